The summed E-state index contributed by atoms with van der Waals surface area (Å²) in [5, 5.41) is 3.04. The minimum Gasteiger partial charge on any atom is -0.492 e. The molecule has 1 N–H and O–H groups in total. The van der Waals surface area contributed by atoms with Crippen molar-refractivity contribution in [3.05, 3.63) is 24.3 Å². The summed E-state index contributed by atoms with van der Waals surface area (Å²) in [6.45, 7) is 10.1. The highest BCUT2D eigenvalue weighted by Crippen LogP contribution is 2.38. The minimum absolute atomic E-state index is 0.144. The van der Waals surface area contributed by atoms with E-state index in [4.69, 9.17) is 4.74 Å². The maximum Gasteiger partial charge on any atom is 0.230 e. The van der Waals surface area contributed by atoms with E-state index in [-0.39, 0.29) is 11.3 Å². The normalized spacial score (nSPS) is 16.5. The number of rotatable bonds is 8. The fourth-order valence-electron chi connectivity index (χ4n) is 3.13. The van der Waals surface area contributed by atoms with Gasteiger partial charge in [0.2, 0.25) is 5.91 Å². The van der Waals surface area contributed by atoms with E-state index in [1.54, 1.807) is 0 Å². The molecule has 1 aromatic rings. The van der Waals surface area contributed by atoms with Crippen molar-refractivity contribution in [2.45, 2.75) is 46.5 Å². The Kier molecular flexibility index (Phi) is 6.46. The highest BCUT2D eigenvalue weighted by Gasteiger charge is 2.36. The molecule has 1 saturated carbocycles. The lowest BCUT2D eigenvalue weighted by atomic mass is 9.88. The van der Waals surface area contributed by atoms with Crippen molar-refractivity contribution < 1.29 is 9.53 Å². The van der Waals surface area contributed by atoms with Gasteiger partial charge >= 0.3 is 0 Å². The fraction of sp³-hybridized carbons (Fsp3) is 0.632. The van der Waals surface area contributed by atoms with Gasteiger partial charge in [0.25, 0.3) is 0 Å². The smallest absolute Gasteiger partial charge is 0.230 e. The van der Waals surface area contributed by atoms with Gasteiger partial charge in [-0.05, 0) is 50.2 Å². The zero-order chi connectivity index (χ0) is 16.7. The third kappa shape index (κ3) is 4.96. The van der Waals surface area contributed by atoms with E-state index >= 15 is 0 Å². The van der Waals surface area contributed by atoms with Crippen LogP contribution in [0.3, 0.4) is 0 Å². The molecule has 23 heavy (non-hydrogen) atoms. The van der Waals surface area contributed by atoms with Crippen molar-refractivity contribution in [2.75, 3.05) is 31.6 Å². The summed E-state index contributed by atoms with van der Waals surface area (Å²) < 4.78 is 5.77. The quantitative estimate of drug-likeness (QED) is 0.790. The average molecular weight is 318 g/mol. The van der Waals surface area contributed by atoms with Gasteiger partial charge in [-0.25, -0.2) is 0 Å². The molecular formula is C19H30N2O2. The first-order chi connectivity index (χ1) is 11.1. The summed E-state index contributed by atoms with van der Waals surface area (Å²) in [4.78, 5) is 14.7. The number of likely N-dealkylation sites (N-methyl/N-ethyl adjacent to an activating group) is 1. The molecule has 0 unspecified atom stereocenters. The van der Waals surface area contributed by atoms with Gasteiger partial charge < -0.3 is 15.0 Å². The molecule has 1 fully saturated rings. The predicted molar refractivity (Wildman–Crippen MR) is 94.9 cm³/mol. The van der Waals surface area contributed by atoms with E-state index in [1.807, 2.05) is 24.3 Å². The maximum atomic E-state index is 12.4. The number of carbonyl (C=O) groups is 1. The summed E-state index contributed by atoms with van der Waals surface area (Å²) in [5.41, 5.74) is 0.651. The van der Waals surface area contributed by atoms with Crippen LogP contribution in [0.15, 0.2) is 24.3 Å². The number of benzene rings is 1. The van der Waals surface area contributed by atoms with E-state index in [9.17, 15) is 4.79 Å². The molecule has 2 rings (SSSR count). The number of amides is 1. The third-order valence-electron chi connectivity index (χ3n) is 4.94. The number of carbonyl (C=O) groups excluding carboxylic acids is 1. The second kappa shape index (κ2) is 8.34. The van der Waals surface area contributed by atoms with E-state index in [1.165, 1.54) is 0 Å². The van der Waals surface area contributed by atoms with Gasteiger partial charge in [-0.2, -0.15) is 0 Å². The van der Waals surface area contributed by atoms with Crippen LogP contribution in [-0.2, 0) is 4.79 Å². The summed E-state index contributed by atoms with van der Waals surface area (Å²) in [5.74, 6) is 0.993. The Morgan fingerprint density at radius 3 is 2.35 bits per heavy atom. The van der Waals surface area contributed by atoms with Crippen LogP contribution in [0.25, 0.3) is 0 Å². The largest absolute Gasteiger partial charge is 0.492 e. The first kappa shape index (κ1) is 17.8. The Bertz CT molecular complexity index is 489. The van der Waals surface area contributed by atoms with E-state index in [0.29, 0.717) is 6.61 Å². The number of hydrogen-bond acceptors (Lipinski definition) is 3. The van der Waals surface area contributed by atoms with E-state index in [0.717, 1.165) is 56.8 Å². The standard InChI is InChI=1S/C19H30N2O2/c1-4-21(5-2)14-15-23-17-10-8-16(9-11-17)20-18(22)19(3)12-6-7-13-19/h8-11H,4-7,12-15H2,1-3H3,(H,20,22). The summed E-state index contributed by atoms with van der Waals surface area (Å²) >= 11 is 0. The van der Waals surface area contributed by atoms with Crippen LogP contribution in [0, 0.1) is 5.41 Å². The lowest BCUT2D eigenvalue weighted by Gasteiger charge is -2.22. The summed E-state index contributed by atoms with van der Waals surface area (Å²) in [7, 11) is 0. The van der Waals surface area contributed by atoms with E-state index in [2.05, 4.69) is 31.0 Å². The van der Waals surface area contributed by atoms with Crippen LogP contribution in [0.2, 0.25) is 0 Å². The molecule has 0 heterocycles. The van der Waals surface area contributed by atoms with Gasteiger partial charge in [-0.3, -0.25) is 4.79 Å². The summed E-state index contributed by atoms with van der Waals surface area (Å²) in [6, 6.07) is 7.69. The van der Waals surface area contributed by atoms with Crippen molar-refractivity contribution >= 4 is 11.6 Å². The van der Waals surface area contributed by atoms with Gasteiger partial charge in [0.05, 0.1) is 0 Å². The van der Waals surface area contributed by atoms with Crippen molar-refractivity contribution in [3.8, 4) is 5.75 Å². The molecule has 0 spiro atoms. The Morgan fingerprint density at radius 2 is 1.78 bits per heavy atom. The number of anilines is 1. The monoisotopic (exact) mass is 318 g/mol. The zero-order valence-electron chi connectivity index (χ0n) is 14.7. The second-order valence-electron chi connectivity index (χ2n) is 6.62. The van der Waals surface area contributed by atoms with E-state index < -0.39 is 0 Å². The maximum absolute atomic E-state index is 12.4. The lowest BCUT2D eigenvalue weighted by molar-refractivity contribution is -0.124. The molecule has 0 saturated heterocycles. The van der Waals surface area contributed by atoms with Crippen LogP contribution >= 0.6 is 0 Å². The highest BCUT2D eigenvalue weighted by molar-refractivity contribution is 5.95. The van der Waals surface area contributed by atoms with Crippen molar-refractivity contribution in [3.63, 3.8) is 0 Å². The SMILES string of the molecule is CCN(CC)CCOc1ccc(NC(=O)C2(C)CCCC2)cc1. The Morgan fingerprint density at radius 1 is 1.17 bits per heavy atom. The molecule has 1 aliphatic carbocycles. The second-order valence-corrected chi connectivity index (χ2v) is 6.62. The Hall–Kier alpha value is -1.55. The number of ether oxygens (including phenoxy) is 1. The first-order valence-electron chi connectivity index (χ1n) is 8.84. The molecule has 0 radical (unpaired) electrons. The Labute approximate surface area is 140 Å². The molecule has 1 amide bonds. The summed E-state index contributed by atoms with van der Waals surface area (Å²) in [6.07, 6.45) is 4.29. The van der Waals surface area contributed by atoms with Gasteiger partial charge in [0.1, 0.15) is 12.4 Å². The van der Waals surface area contributed by atoms with Gasteiger partial charge in [-0.15, -0.1) is 0 Å². The molecule has 1 aromatic carbocycles. The molecular weight excluding hydrogens is 288 g/mol. The molecule has 0 aromatic heterocycles. The zero-order valence-corrected chi connectivity index (χ0v) is 14.7. The highest BCUT2D eigenvalue weighted by atomic mass is 16.5. The van der Waals surface area contributed by atoms with Crippen molar-refractivity contribution in [2.24, 2.45) is 5.41 Å². The average Bonchev–Trinajstić information content (AvgIpc) is 3.01. The molecule has 0 bridgehead atoms. The third-order valence-corrected chi connectivity index (χ3v) is 4.94. The fourth-order valence-corrected chi connectivity index (χ4v) is 3.13. The number of hydrogen-bond donors (Lipinski definition) is 1. The predicted octanol–water partition coefficient (Wildman–Crippen LogP) is 3.93. The topological polar surface area (TPSA) is 41.6 Å². The van der Waals surface area contributed by atoms with Crippen LogP contribution in [0.4, 0.5) is 5.69 Å². The molecule has 4 nitrogen and oxygen atoms in total. The van der Waals surface area contributed by atoms with Crippen LogP contribution in [0.5, 0.6) is 5.75 Å². The lowest BCUT2D eigenvalue weighted by Crippen LogP contribution is -2.30. The Balaban J connectivity index is 1.81. The molecule has 4 heteroatoms. The van der Waals surface area contributed by atoms with Crippen molar-refractivity contribution in [1.29, 1.82) is 0 Å². The van der Waals surface area contributed by atoms with Crippen molar-refractivity contribution in [1.82, 2.24) is 4.90 Å². The van der Waals surface area contributed by atoms with Crippen LogP contribution in [0.1, 0.15) is 46.5 Å². The van der Waals surface area contributed by atoms with Crippen LogP contribution < -0.4 is 10.1 Å². The number of nitrogens with zero attached hydrogens (tertiary/aromatic N) is 1. The molecule has 0 atom stereocenters. The minimum atomic E-state index is -0.196. The van der Waals surface area contributed by atoms with Crippen LogP contribution in [-0.4, -0.2) is 37.0 Å². The molecule has 1 aliphatic rings. The van der Waals surface area contributed by atoms with Gasteiger partial charge in [0.15, 0.2) is 0 Å². The van der Waals surface area contributed by atoms with Gasteiger partial charge in [-0.1, -0.05) is 33.6 Å². The first-order valence-corrected chi connectivity index (χ1v) is 8.84. The number of nitrogens with one attached hydrogen (secondary N) is 1. The molecule has 0 aliphatic heterocycles. The molecule has 128 valence electrons. The van der Waals surface area contributed by atoms with Gasteiger partial charge in [0, 0.05) is 17.6 Å².